The predicted octanol–water partition coefficient (Wildman–Crippen LogP) is 2.51. The van der Waals surface area contributed by atoms with E-state index in [0.29, 0.717) is 0 Å². The van der Waals surface area contributed by atoms with Crippen LogP contribution in [0.2, 0.25) is 0 Å². The molecule has 0 aromatic heterocycles. The summed E-state index contributed by atoms with van der Waals surface area (Å²) < 4.78 is 25.7. The van der Waals surface area contributed by atoms with Gasteiger partial charge < -0.3 is 5.32 Å². The number of rotatable bonds is 2. The number of benzene rings is 1. The van der Waals surface area contributed by atoms with E-state index in [1.165, 1.54) is 12.1 Å². The second-order valence-electron chi connectivity index (χ2n) is 4.66. The lowest BCUT2D eigenvalue weighted by atomic mass is 9.83. The van der Waals surface area contributed by atoms with Gasteiger partial charge in [-0.25, -0.2) is 8.78 Å². The summed E-state index contributed by atoms with van der Waals surface area (Å²) in [5.74, 6) is -1.52. The fourth-order valence-corrected chi connectivity index (χ4v) is 2.16. The lowest BCUT2D eigenvalue weighted by Gasteiger charge is -2.22. The van der Waals surface area contributed by atoms with Gasteiger partial charge in [0.15, 0.2) is 11.6 Å². The molecule has 1 aromatic rings. The van der Waals surface area contributed by atoms with Crippen molar-refractivity contribution in [2.45, 2.75) is 19.8 Å². The van der Waals surface area contributed by atoms with Crippen molar-refractivity contribution in [3.05, 3.63) is 35.4 Å². The van der Waals surface area contributed by atoms with Gasteiger partial charge in [0.2, 0.25) is 0 Å². The lowest BCUT2D eigenvalue weighted by molar-refractivity contribution is 0.361. The minimum atomic E-state index is -0.770. The highest BCUT2D eigenvalue weighted by Gasteiger charge is 2.28. The van der Waals surface area contributed by atoms with Gasteiger partial charge >= 0.3 is 0 Å². The van der Waals surface area contributed by atoms with Gasteiger partial charge in [0.1, 0.15) is 0 Å². The summed E-state index contributed by atoms with van der Waals surface area (Å²) in [4.78, 5) is 0. The molecule has 0 radical (unpaired) electrons. The molecule has 1 fully saturated rings. The van der Waals surface area contributed by atoms with Crippen LogP contribution in [0.25, 0.3) is 0 Å². The van der Waals surface area contributed by atoms with Gasteiger partial charge in [-0.15, -0.1) is 0 Å². The average molecular weight is 211 g/mol. The van der Waals surface area contributed by atoms with E-state index in [1.807, 2.05) is 0 Å². The molecular weight excluding hydrogens is 196 g/mol. The quantitative estimate of drug-likeness (QED) is 0.792. The molecule has 0 bridgehead atoms. The topological polar surface area (TPSA) is 12.0 Å². The molecule has 15 heavy (non-hydrogen) atoms. The zero-order valence-electron chi connectivity index (χ0n) is 8.82. The van der Waals surface area contributed by atoms with Crippen LogP contribution in [-0.2, 0) is 6.42 Å². The predicted molar refractivity (Wildman–Crippen MR) is 55.7 cm³/mol. The smallest absolute Gasteiger partial charge is 0.159 e. The third kappa shape index (κ3) is 2.34. The second-order valence-corrected chi connectivity index (χ2v) is 4.66. The third-order valence-corrected chi connectivity index (χ3v) is 3.07. The van der Waals surface area contributed by atoms with Crippen molar-refractivity contribution in [3.8, 4) is 0 Å². The zero-order chi connectivity index (χ0) is 10.9. The molecule has 1 heterocycles. The Balaban J connectivity index is 2.13. The van der Waals surface area contributed by atoms with Crippen molar-refractivity contribution in [1.82, 2.24) is 5.32 Å². The summed E-state index contributed by atoms with van der Waals surface area (Å²) in [6, 6.07) is 4.18. The van der Waals surface area contributed by atoms with E-state index in [2.05, 4.69) is 12.2 Å². The normalized spacial score (nSPS) is 25.8. The second kappa shape index (κ2) is 3.89. The molecule has 1 unspecified atom stereocenters. The Kier molecular flexibility index (Phi) is 2.74. The average Bonchev–Trinajstić information content (AvgIpc) is 2.59. The number of hydrogen-bond donors (Lipinski definition) is 1. The molecule has 1 aliphatic rings. The molecule has 0 spiro atoms. The SMILES string of the molecule is CC1(Cc2ccc(F)c(F)c2)CCNC1. The van der Waals surface area contributed by atoms with Crippen LogP contribution >= 0.6 is 0 Å². The minimum absolute atomic E-state index is 0.185. The Morgan fingerprint density at radius 1 is 1.33 bits per heavy atom. The van der Waals surface area contributed by atoms with E-state index < -0.39 is 11.6 Å². The van der Waals surface area contributed by atoms with E-state index in [4.69, 9.17) is 0 Å². The largest absolute Gasteiger partial charge is 0.316 e. The summed E-state index contributed by atoms with van der Waals surface area (Å²) in [7, 11) is 0. The molecule has 1 atom stereocenters. The first-order chi connectivity index (χ1) is 7.09. The summed E-state index contributed by atoms with van der Waals surface area (Å²) in [6.07, 6.45) is 1.89. The third-order valence-electron chi connectivity index (χ3n) is 3.07. The summed E-state index contributed by atoms with van der Waals surface area (Å²) >= 11 is 0. The Morgan fingerprint density at radius 3 is 2.73 bits per heavy atom. The first kappa shape index (κ1) is 10.6. The maximum atomic E-state index is 13.0. The van der Waals surface area contributed by atoms with Gasteiger partial charge in [-0.3, -0.25) is 0 Å². The molecule has 82 valence electrons. The van der Waals surface area contributed by atoms with Crippen LogP contribution in [-0.4, -0.2) is 13.1 Å². The van der Waals surface area contributed by atoms with Crippen LogP contribution < -0.4 is 5.32 Å². The molecule has 2 rings (SSSR count). The Labute approximate surface area is 88.5 Å². The van der Waals surface area contributed by atoms with Crippen molar-refractivity contribution < 1.29 is 8.78 Å². The van der Waals surface area contributed by atoms with Gasteiger partial charge in [0, 0.05) is 6.54 Å². The van der Waals surface area contributed by atoms with Crippen LogP contribution in [0, 0.1) is 17.0 Å². The minimum Gasteiger partial charge on any atom is -0.316 e. The summed E-state index contributed by atoms with van der Waals surface area (Å²) in [5.41, 5.74) is 1.06. The zero-order valence-corrected chi connectivity index (χ0v) is 8.82. The molecule has 3 heteroatoms. The van der Waals surface area contributed by atoms with Crippen molar-refractivity contribution >= 4 is 0 Å². The highest BCUT2D eigenvalue weighted by molar-refractivity contribution is 5.19. The highest BCUT2D eigenvalue weighted by atomic mass is 19.2. The Hall–Kier alpha value is -0.960. The van der Waals surface area contributed by atoms with Crippen LogP contribution in [0.4, 0.5) is 8.78 Å². The van der Waals surface area contributed by atoms with Gasteiger partial charge in [-0.2, -0.15) is 0 Å². The fourth-order valence-electron chi connectivity index (χ4n) is 2.16. The molecule has 1 saturated heterocycles. The summed E-state index contributed by atoms with van der Waals surface area (Å²) in [6.45, 7) is 4.14. The highest BCUT2D eigenvalue weighted by Crippen LogP contribution is 2.29. The van der Waals surface area contributed by atoms with E-state index in [1.54, 1.807) is 6.07 Å². The molecule has 0 aliphatic carbocycles. The maximum absolute atomic E-state index is 13.0. The van der Waals surface area contributed by atoms with Crippen LogP contribution in [0.1, 0.15) is 18.9 Å². The first-order valence-electron chi connectivity index (χ1n) is 5.24. The standard InChI is InChI=1S/C12H15F2N/c1-12(4-5-15-8-12)7-9-2-3-10(13)11(14)6-9/h2-3,6,15H,4-5,7-8H2,1H3. The van der Waals surface area contributed by atoms with Crippen LogP contribution in [0.5, 0.6) is 0 Å². The van der Waals surface area contributed by atoms with Crippen LogP contribution in [0.15, 0.2) is 18.2 Å². The number of nitrogens with one attached hydrogen (secondary N) is 1. The monoisotopic (exact) mass is 211 g/mol. The Bertz CT molecular complexity index is 357. The van der Waals surface area contributed by atoms with Gasteiger partial charge in [0.25, 0.3) is 0 Å². The molecule has 1 aromatic carbocycles. The number of hydrogen-bond acceptors (Lipinski definition) is 1. The first-order valence-corrected chi connectivity index (χ1v) is 5.24. The van der Waals surface area contributed by atoms with Crippen molar-refractivity contribution in [3.63, 3.8) is 0 Å². The van der Waals surface area contributed by atoms with E-state index >= 15 is 0 Å². The summed E-state index contributed by atoms with van der Waals surface area (Å²) in [5, 5.41) is 3.29. The lowest BCUT2D eigenvalue weighted by Crippen LogP contribution is -2.22. The van der Waals surface area contributed by atoms with E-state index in [0.717, 1.165) is 31.5 Å². The van der Waals surface area contributed by atoms with Crippen LogP contribution in [0.3, 0.4) is 0 Å². The fraction of sp³-hybridized carbons (Fsp3) is 0.500. The molecule has 0 amide bonds. The molecular formula is C12H15F2N. The molecule has 1 aliphatic heterocycles. The van der Waals surface area contributed by atoms with Gasteiger partial charge in [-0.1, -0.05) is 13.0 Å². The van der Waals surface area contributed by atoms with E-state index in [-0.39, 0.29) is 5.41 Å². The molecule has 1 nitrogen and oxygen atoms in total. The molecule has 1 N–H and O–H groups in total. The van der Waals surface area contributed by atoms with Gasteiger partial charge in [0.05, 0.1) is 0 Å². The van der Waals surface area contributed by atoms with Gasteiger partial charge in [-0.05, 0) is 42.5 Å². The maximum Gasteiger partial charge on any atom is 0.159 e. The van der Waals surface area contributed by atoms with E-state index in [9.17, 15) is 8.78 Å². The van der Waals surface area contributed by atoms with Crippen molar-refractivity contribution in [2.24, 2.45) is 5.41 Å². The van der Waals surface area contributed by atoms with Crippen molar-refractivity contribution in [1.29, 1.82) is 0 Å². The molecule has 0 saturated carbocycles. The van der Waals surface area contributed by atoms with Crippen molar-refractivity contribution in [2.75, 3.05) is 13.1 Å². The number of halogens is 2. The Morgan fingerprint density at radius 2 is 2.13 bits per heavy atom.